The first-order valence-electron chi connectivity index (χ1n) is 6.35. The molecule has 20 heavy (non-hydrogen) atoms. The van der Waals surface area contributed by atoms with Crippen LogP contribution in [0.25, 0.3) is 11.0 Å². The van der Waals surface area contributed by atoms with Gasteiger partial charge in [0, 0.05) is 13.3 Å². The molecule has 3 aromatic rings. The Labute approximate surface area is 140 Å². The Bertz CT molecular complexity index is 756. The van der Waals surface area contributed by atoms with Crippen molar-refractivity contribution in [1.82, 2.24) is 9.55 Å². The first kappa shape index (κ1) is 14.4. The van der Waals surface area contributed by atoms with E-state index in [2.05, 4.69) is 70.3 Å². The largest absolute Gasteiger partial charge is 0.322 e. The molecule has 0 aliphatic carbocycles. The van der Waals surface area contributed by atoms with Gasteiger partial charge in [-0.25, -0.2) is 4.98 Å². The average Bonchev–Trinajstić information content (AvgIpc) is 2.91. The van der Waals surface area contributed by atoms with Gasteiger partial charge in [0.25, 0.3) is 0 Å². The Morgan fingerprint density at radius 1 is 1.30 bits per heavy atom. The molecule has 0 N–H and O–H groups in total. The Morgan fingerprint density at radius 3 is 2.75 bits per heavy atom. The number of nitrogens with zero attached hydrogens (tertiary/aromatic N) is 2. The number of aryl methyl sites for hydroxylation is 2. The van der Waals surface area contributed by atoms with E-state index in [9.17, 15) is 0 Å². The number of thiophene rings is 1. The van der Waals surface area contributed by atoms with Crippen LogP contribution in [-0.2, 0) is 12.4 Å². The van der Waals surface area contributed by atoms with Crippen LogP contribution in [0.2, 0.25) is 0 Å². The van der Waals surface area contributed by atoms with E-state index < -0.39 is 0 Å². The zero-order valence-electron chi connectivity index (χ0n) is 11.3. The molecule has 2 nitrogen and oxygen atoms in total. The standard InChI is InChI=1S/C15H14ClIN2S/c1-9-5-12(20-10(9)2)8-19-14-4-3-11(17)6-13(14)18-15(19)7-16/h3-6H,7-8H2,1-2H3. The van der Waals surface area contributed by atoms with Gasteiger partial charge in [0.05, 0.1) is 23.5 Å². The third kappa shape index (κ3) is 2.61. The monoisotopic (exact) mass is 416 g/mol. The van der Waals surface area contributed by atoms with Crippen molar-refractivity contribution in [3.05, 3.63) is 49.0 Å². The minimum Gasteiger partial charge on any atom is -0.322 e. The molecule has 0 saturated carbocycles. The molecule has 0 fully saturated rings. The number of imidazole rings is 1. The number of aromatic nitrogens is 2. The van der Waals surface area contributed by atoms with Crippen LogP contribution in [0.3, 0.4) is 0 Å². The fourth-order valence-electron chi connectivity index (χ4n) is 2.31. The molecule has 0 unspecified atom stereocenters. The van der Waals surface area contributed by atoms with Gasteiger partial charge < -0.3 is 4.57 Å². The van der Waals surface area contributed by atoms with Gasteiger partial charge in [0.2, 0.25) is 0 Å². The highest BCUT2D eigenvalue weighted by Crippen LogP contribution is 2.25. The topological polar surface area (TPSA) is 17.8 Å². The van der Waals surface area contributed by atoms with Crippen molar-refractivity contribution < 1.29 is 0 Å². The molecule has 0 radical (unpaired) electrons. The highest BCUT2D eigenvalue weighted by molar-refractivity contribution is 14.1. The Kier molecular flexibility index (Phi) is 4.06. The van der Waals surface area contributed by atoms with E-state index in [0.29, 0.717) is 5.88 Å². The van der Waals surface area contributed by atoms with E-state index in [1.54, 1.807) is 0 Å². The van der Waals surface area contributed by atoms with Crippen molar-refractivity contribution in [3.8, 4) is 0 Å². The summed E-state index contributed by atoms with van der Waals surface area (Å²) >= 11 is 10.2. The average molecular weight is 417 g/mol. The van der Waals surface area contributed by atoms with Gasteiger partial charge in [-0.15, -0.1) is 22.9 Å². The van der Waals surface area contributed by atoms with Gasteiger partial charge in [-0.2, -0.15) is 0 Å². The van der Waals surface area contributed by atoms with E-state index >= 15 is 0 Å². The lowest BCUT2D eigenvalue weighted by molar-refractivity contribution is 0.789. The lowest BCUT2D eigenvalue weighted by atomic mass is 10.3. The number of hydrogen-bond acceptors (Lipinski definition) is 2. The third-order valence-corrected chi connectivity index (χ3v) is 5.49. The van der Waals surface area contributed by atoms with Crippen LogP contribution in [0, 0.1) is 17.4 Å². The van der Waals surface area contributed by atoms with Crippen molar-refractivity contribution in [2.45, 2.75) is 26.3 Å². The van der Waals surface area contributed by atoms with E-state index in [1.165, 1.54) is 18.9 Å². The second kappa shape index (κ2) is 5.66. The van der Waals surface area contributed by atoms with Crippen LogP contribution in [0.4, 0.5) is 0 Å². The molecule has 0 spiro atoms. The number of hydrogen-bond donors (Lipinski definition) is 0. The third-order valence-electron chi connectivity index (χ3n) is 3.44. The maximum absolute atomic E-state index is 6.06. The SMILES string of the molecule is Cc1cc(Cn2c(CCl)nc3cc(I)ccc32)sc1C. The number of halogens is 2. The number of fused-ring (bicyclic) bond motifs is 1. The second-order valence-electron chi connectivity index (χ2n) is 4.83. The molecule has 0 aliphatic heterocycles. The predicted molar refractivity (Wildman–Crippen MR) is 94.9 cm³/mol. The van der Waals surface area contributed by atoms with Crippen molar-refractivity contribution in [2.75, 3.05) is 0 Å². The summed E-state index contributed by atoms with van der Waals surface area (Å²) in [4.78, 5) is 7.38. The number of rotatable bonds is 3. The molecule has 5 heteroatoms. The molecule has 0 atom stereocenters. The summed E-state index contributed by atoms with van der Waals surface area (Å²) in [6.45, 7) is 5.17. The summed E-state index contributed by atoms with van der Waals surface area (Å²) in [6.07, 6.45) is 0. The Hall–Kier alpha value is -0.590. The van der Waals surface area contributed by atoms with E-state index in [-0.39, 0.29) is 0 Å². The summed E-state index contributed by atoms with van der Waals surface area (Å²) in [6, 6.07) is 8.61. The molecule has 1 aromatic carbocycles. The molecular weight excluding hydrogens is 403 g/mol. The number of benzene rings is 1. The normalized spacial score (nSPS) is 11.4. The Balaban J connectivity index is 2.09. The van der Waals surface area contributed by atoms with E-state index in [0.717, 1.165) is 23.4 Å². The van der Waals surface area contributed by atoms with E-state index in [1.807, 2.05) is 11.3 Å². The van der Waals surface area contributed by atoms with Crippen molar-refractivity contribution >= 4 is 56.6 Å². The van der Waals surface area contributed by atoms with Crippen LogP contribution < -0.4 is 0 Å². The lowest BCUT2D eigenvalue weighted by Gasteiger charge is -2.06. The summed E-state index contributed by atoms with van der Waals surface area (Å²) < 4.78 is 3.42. The molecule has 2 heterocycles. The maximum Gasteiger partial charge on any atom is 0.125 e. The molecular formula is C15H14ClIN2S. The van der Waals surface area contributed by atoms with Gasteiger partial charge in [-0.05, 0) is 66.3 Å². The zero-order chi connectivity index (χ0) is 14.3. The molecule has 0 amide bonds. The summed E-state index contributed by atoms with van der Waals surface area (Å²) in [7, 11) is 0. The van der Waals surface area contributed by atoms with Crippen LogP contribution in [0.15, 0.2) is 24.3 Å². The molecule has 2 aromatic heterocycles. The zero-order valence-corrected chi connectivity index (χ0v) is 15.0. The van der Waals surface area contributed by atoms with Crippen molar-refractivity contribution in [2.24, 2.45) is 0 Å². The highest BCUT2D eigenvalue weighted by atomic mass is 127. The van der Waals surface area contributed by atoms with Crippen molar-refractivity contribution in [1.29, 1.82) is 0 Å². The van der Waals surface area contributed by atoms with Crippen LogP contribution in [0.5, 0.6) is 0 Å². The fourth-order valence-corrected chi connectivity index (χ4v) is 4.04. The second-order valence-corrected chi connectivity index (χ2v) is 7.69. The molecule has 104 valence electrons. The van der Waals surface area contributed by atoms with Gasteiger partial charge in [0.15, 0.2) is 0 Å². The van der Waals surface area contributed by atoms with E-state index in [4.69, 9.17) is 11.6 Å². The molecule has 0 saturated heterocycles. The minimum absolute atomic E-state index is 0.439. The quantitative estimate of drug-likeness (QED) is 0.429. The first-order valence-corrected chi connectivity index (χ1v) is 8.78. The molecule has 3 rings (SSSR count). The minimum atomic E-state index is 0.439. The fraction of sp³-hybridized carbons (Fsp3) is 0.267. The van der Waals surface area contributed by atoms with Crippen LogP contribution >= 0.6 is 45.5 Å². The van der Waals surface area contributed by atoms with Gasteiger partial charge in [-0.1, -0.05) is 0 Å². The van der Waals surface area contributed by atoms with Gasteiger partial charge >= 0.3 is 0 Å². The lowest BCUT2D eigenvalue weighted by Crippen LogP contribution is -2.02. The Morgan fingerprint density at radius 2 is 2.10 bits per heavy atom. The highest BCUT2D eigenvalue weighted by Gasteiger charge is 2.12. The predicted octanol–water partition coefficient (Wildman–Crippen LogP) is 5.11. The van der Waals surface area contributed by atoms with Crippen LogP contribution in [0.1, 0.15) is 21.1 Å². The molecule has 0 bridgehead atoms. The maximum atomic E-state index is 6.06. The van der Waals surface area contributed by atoms with Crippen molar-refractivity contribution in [3.63, 3.8) is 0 Å². The first-order chi connectivity index (χ1) is 9.58. The summed E-state index contributed by atoms with van der Waals surface area (Å²) in [5, 5.41) is 0. The van der Waals surface area contributed by atoms with Gasteiger partial charge in [-0.3, -0.25) is 0 Å². The van der Waals surface area contributed by atoms with Crippen LogP contribution in [-0.4, -0.2) is 9.55 Å². The molecule has 0 aliphatic rings. The summed E-state index contributed by atoms with van der Waals surface area (Å²) in [5.74, 6) is 1.38. The van der Waals surface area contributed by atoms with Gasteiger partial charge in [0.1, 0.15) is 5.82 Å². The summed E-state index contributed by atoms with van der Waals surface area (Å²) in [5.41, 5.74) is 3.54. The number of alkyl halides is 1. The smallest absolute Gasteiger partial charge is 0.125 e.